The maximum atomic E-state index is 5.85. The molecule has 17 heavy (non-hydrogen) atoms. The molecule has 1 aromatic carbocycles. The molecule has 0 unspecified atom stereocenters. The molecule has 4 heteroatoms. The van der Waals surface area contributed by atoms with E-state index in [1.54, 1.807) is 0 Å². The van der Waals surface area contributed by atoms with E-state index in [4.69, 9.17) is 9.47 Å². The summed E-state index contributed by atoms with van der Waals surface area (Å²) >= 11 is 0. The number of rotatable bonds is 1. The third kappa shape index (κ3) is 2.17. The third-order valence-corrected chi connectivity index (χ3v) is 3.21. The average Bonchev–Trinajstić information content (AvgIpc) is 2.64. The molecule has 1 saturated heterocycles. The van der Waals surface area contributed by atoms with Crippen molar-refractivity contribution in [2.45, 2.75) is 6.42 Å². The molecule has 0 amide bonds. The second kappa shape index (κ2) is 4.84. The lowest BCUT2D eigenvalue weighted by atomic mass is 10.2. The van der Waals surface area contributed by atoms with Gasteiger partial charge >= 0.3 is 0 Å². The highest BCUT2D eigenvalue weighted by atomic mass is 16.5. The number of ether oxygens (including phenoxy) is 2. The minimum Gasteiger partial charge on any atom is -0.489 e. The van der Waals surface area contributed by atoms with Gasteiger partial charge in [0.2, 0.25) is 0 Å². The summed E-state index contributed by atoms with van der Waals surface area (Å²) in [5.41, 5.74) is 1.17. The van der Waals surface area contributed by atoms with Crippen molar-refractivity contribution >= 4 is 5.69 Å². The van der Waals surface area contributed by atoms with Gasteiger partial charge in [-0.15, -0.1) is 0 Å². The summed E-state index contributed by atoms with van der Waals surface area (Å²) in [7, 11) is 0. The van der Waals surface area contributed by atoms with Crippen LogP contribution in [-0.2, 0) is 0 Å². The Morgan fingerprint density at radius 3 is 2.76 bits per heavy atom. The summed E-state index contributed by atoms with van der Waals surface area (Å²) in [5, 5.41) is 3.36. The minimum atomic E-state index is 0.746. The molecular formula is C13H18N2O2. The minimum absolute atomic E-state index is 0.746. The number of fused-ring (bicyclic) bond motifs is 1. The molecule has 1 fully saturated rings. The van der Waals surface area contributed by atoms with Gasteiger partial charge in [0.05, 0.1) is 18.9 Å². The van der Waals surface area contributed by atoms with Gasteiger partial charge in [0.15, 0.2) is 11.5 Å². The first-order valence-electron chi connectivity index (χ1n) is 6.29. The van der Waals surface area contributed by atoms with Gasteiger partial charge in [-0.25, -0.2) is 0 Å². The van der Waals surface area contributed by atoms with Crippen LogP contribution in [-0.4, -0.2) is 39.4 Å². The number of nitrogens with one attached hydrogen (secondary N) is 1. The number of benzene rings is 1. The van der Waals surface area contributed by atoms with Crippen LogP contribution in [0.15, 0.2) is 18.2 Å². The smallest absolute Gasteiger partial charge is 0.184 e. The zero-order chi connectivity index (χ0) is 11.5. The van der Waals surface area contributed by atoms with Crippen LogP contribution in [0.4, 0.5) is 5.69 Å². The van der Waals surface area contributed by atoms with E-state index in [0.29, 0.717) is 0 Å². The summed E-state index contributed by atoms with van der Waals surface area (Å²) in [6.45, 7) is 5.61. The molecule has 0 atom stereocenters. The van der Waals surface area contributed by atoms with Gasteiger partial charge in [0.1, 0.15) is 0 Å². The third-order valence-electron chi connectivity index (χ3n) is 3.21. The SMILES string of the molecule is c1cc2c(c(N3CCNCC3)c1)OCCCO2. The van der Waals surface area contributed by atoms with Crippen molar-refractivity contribution in [3.05, 3.63) is 18.2 Å². The van der Waals surface area contributed by atoms with Crippen molar-refractivity contribution < 1.29 is 9.47 Å². The van der Waals surface area contributed by atoms with Crippen LogP contribution in [0.5, 0.6) is 11.5 Å². The van der Waals surface area contributed by atoms with Gasteiger partial charge in [0, 0.05) is 32.6 Å². The summed E-state index contributed by atoms with van der Waals surface area (Å²) in [6, 6.07) is 6.16. The molecule has 2 aliphatic rings. The van der Waals surface area contributed by atoms with Gasteiger partial charge in [-0.3, -0.25) is 0 Å². The fourth-order valence-corrected chi connectivity index (χ4v) is 2.33. The van der Waals surface area contributed by atoms with E-state index >= 15 is 0 Å². The number of anilines is 1. The summed E-state index contributed by atoms with van der Waals surface area (Å²) in [4.78, 5) is 2.37. The molecule has 4 nitrogen and oxygen atoms in total. The van der Waals surface area contributed by atoms with Crippen molar-refractivity contribution in [2.75, 3.05) is 44.3 Å². The van der Waals surface area contributed by atoms with E-state index in [1.807, 2.05) is 12.1 Å². The van der Waals surface area contributed by atoms with Gasteiger partial charge in [-0.05, 0) is 12.1 Å². The zero-order valence-corrected chi connectivity index (χ0v) is 9.95. The highest BCUT2D eigenvalue weighted by molar-refractivity contribution is 5.65. The maximum absolute atomic E-state index is 5.85. The first kappa shape index (κ1) is 10.7. The average molecular weight is 234 g/mol. The fourth-order valence-electron chi connectivity index (χ4n) is 2.33. The topological polar surface area (TPSA) is 33.7 Å². The van der Waals surface area contributed by atoms with E-state index in [-0.39, 0.29) is 0 Å². The highest BCUT2D eigenvalue weighted by Gasteiger charge is 2.19. The predicted molar refractivity (Wildman–Crippen MR) is 67.1 cm³/mol. The van der Waals surface area contributed by atoms with E-state index in [0.717, 1.165) is 57.3 Å². The van der Waals surface area contributed by atoms with Gasteiger partial charge < -0.3 is 19.7 Å². The van der Waals surface area contributed by atoms with Crippen LogP contribution in [0.25, 0.3) is 0 Å². The van der Waals surface area contributed by atoms with Gasteiger partial charge in [0.25, 0.3) is 0 Å². The van der Waals surface area contributed by atoms with Crippen molar-refractivity contribution in [3.8, 4) is 11.5 Å². The number of nitrogens with zero attached hydrogens (tertiary/aromatic N) is 1. The number of piperazine rings is 1. The molecule has 0 aromatic heterocycles. The molecular weight excluding hydrogens is 216 g/mol. The maximum Gasteiger partial charge on any atom is 0.184 e. The highest BCUT2D eigenvalue weighted by Crippen LogP contribution is 2.39. The molecule has 1 N–H and O–H groups in total. The van der Waals surface area contributed by atoms with Crippen LogP contribution < -0.4 is 19.7 Å². The van der Waals surface area contributed by atoms with Gasteiger partial charge in [-0.2, -0.15) is 0 Å². The quantitative estimate of drug-likeness (QED) is 0.793. The number of hydrogen-bond donors (Lipinski definition) is 1. The predicted octanol–water partition coefficient (Wildman–Crippen LogP) is 1.26. The van der Waals surface area contributed by atoms with E-state index in [1.165, 1.54) is 5.69 Å². The van der Waals surface area contributed by atoms with Gasteiger partial charge in [-0.1, -0.05) is 6.07 Å². The lowest BCUT2D eigenvalue weighted by molar-refractivity contribution is 0.297. The lowest BCUT2D eigenvalue weighted by Crippen LogP contribution is -2.43. The Bertz CT molecular complexity index is 389. The van der Waals surface area contributed by atoms with Crippen LogP contribution in [0.2, 0.25) is 0 Å². The largest absolute Gasteiger partial charge is 0.489 e. The Kier molecular flexibility index (Phi) is 3.05. The van der Waals surface area contributed by atoms with Crippen molar-refractivity contribution in [1.82, 2.24) is 5.32 Å². The molecule has 0 saturated carbocycles. The second-order valence-electron chi connectivity index (χ2n) is 4.39. The van der Waals surface area contributed by atoms with Crippen molar-refractivity contribution in [1.29, 1.82) is 0 Å². The molecule has 1 aromatic rings. The van der Waals surface area contributed by atoms with Crippen LogP contribution >= 0.6 is 0 Å². The number of hydrogen-bond acceptors (Lipinski definition) is 4. The Hall–Kier alpha value is -1.42. The molecule has 0 radical (unpaired) electrons. The summed E-state index contributed by atoms with van der Waals surface area (Å²) < 4.78 is 11.6. The zero-order valence-electron chi connectivity index (χ0n) is 9.95. The molecule has 0 aliphatic carbocycles. The standard InChI is InChI=1S/C13H18N2O2/c1-3-11(15-7-5-14-6-8-15)13-12(4-1)16-9-2-10-17-13/h1,3-4,14H,2,5-10H2. The van der Waals surface area contributed by atoms with E-state index in [2.05, 4.69) is 16.3 Å². The first-order chi connectivity index (χ1) is 8.45. The monoisotopic (exact) mass is 234 g/mol. The Morgan fingerprint density at radius 1 is 1.06 bits per heavy atom. The Balaban J connectivity index is 1.92. The van der Waals surface area contributed by atoms with Crippen molar-refractivity contribution in [2.24, 2.45) is 0 Å². The van der Waals surface area contributed by atoms with Crippen LogP contribution in [0.3, 0.4) is 0 Å². The normalized spacial score (nSPS) is 19.9. The fraction of sp³-hybridized carbons (Fsp3) is 0.538. The van der Waals surface area contributed by atoms with Crippen molar-refractivity contribution in [3.63, 3.8) is 0 Å². The summed E-state index contributed by atoms with van der Waals surface area (Å²) in [6.07, 6.45) is 0.954. The lowest BCUT2D eigenvalue weighted by Gasteiger charge is -2.30. The van der Waals surface area contributed by atoms with E-state index < -0.39 is 0 Å². The second-order valence-corrected chi connectivity index (χ2v) is 4.39. The Morgan fingerprint density at radius 2 is 1.88 bits per heavy atom. The molecule has 92 valence electrons. The molecule has 0 bridgehead atoms. The summed E-state index contributed by atoms with van der Waals surface area (Å²) in [5.74, 6) is 1.81. The molecule has 2 aliphatic heterocycles. The molecule has 0 spiro atoms. The van der Waals surface area contributed by atoms with Crippen LogP contribution in [0, 0.1) is 0 Å². The first-order valence-corrected chi connectivity index (χ1v) is 6.29. The van der Waals surface area contributed by atoms with Crippen LogP contribution in [0.1, 0.15) is 6.42 Å². The molecule has 2 heterocycles. The number of para-hydroxylation sites is 1. The Labute approximate surface area is 102 Å². The molecule has 3 rings (SSSR count). The van der Waals surface area contributed by atoms with E-state index in [9.17, 15) is 0 Å².